The Balaban J connectivity index is 1.62. The molecule has 272 valence electrons. The fourth-order valence-corrected chi connectivity index (χ4v) is 13.4. The number of rotatable bonds is 22. The fourth-order valence-electron chi connectivity index (χ4n) is 7.56. The van der Waals surface area contributed by atoms with Crippen molar-refractivity contribution < 1.29 is 9.59 Å². The van der Waals surface area contributed by atoms with Gasteiger partial charge in [0, 0.05) is 30.6 Å². The minimum absolute atomic E-state index is 0.0815. The first-order chi connectivity index (χ1) is 24.3. The first-order valence-electron chi connectivity index (χ1n) is 19.2. The molecule has 4 heterocycles. The third-order valence-corrected chi connectivity index (χ3v) is 16.3. The summed E-state index contributed by atoms with van der Waals surface area (Å²) in [6.07, 6.45) is 21.5. The molecular weight excluding hydrogens is 825 g/mol. The van der Waals surface area contributed by atoms with Crippen LogP contribution in [0.2, 0.25) is 0 Å². The molecule has 1 aliphatic carbocycles. The van der Waals surface area contributed by atoms with Crippen LogP contribution in [0.5, 0.6) is 0 Å². The van der Waals surface area contributed by atoms with Crippen LogP contribution in [0.15, 0.2) is 31.8 Å². The minimum atomic E-state index is 0.0815. The van der Waals surface area contributed by atoms with Crippen LogP contribution in [0.4, 0.5) is 0 Å². The van der Waals surface area contributed by atoms with Crippen LogP contribution in [-0.4, -0.2) is 11.6 Å². The van der Waals surface area contributed by atoms with Crippen molar-refractivity contribution in [3.05, 3.63) is 63.8 Å². The number of carbonyl (C=O) groups excluding carboxylic acids is 2. The number of unbranched alkanes of at least 4 members (excludes halogenated alkanes) is 8. The van der Waals surface area contributed by atoms with E-state index in [1.807, 2.05) is 11.3 Å². The van der Waals surface area contributed by atoms with E-state index in [4.69, 9.17) is 0 Å². The normalized spacial score (nSPS) is 14.0. The van der Waals surface area contributed by atoms with Crippen LogP contribution >= 0.6 is 77.2 Å². The van der Waals surface area contributed by atoms with Gasteiger partial charge in [-0.1, -0.05) is 130 Å². The van der Waals surface area contributed by atoms with Gasteiger partial charge < -0.3 is 0 Å². The van der Waals surface area contributed by atoms with Crippen molar-refractivity contribution in [1.82, 2.24) is 0 Å². The molecule has 0 radical (unpaired) electrons. The number of hydrogen-bond donors (Lipinski definition) is 0. The molecule has 0 spiro atoms. The summed E-state index contributed by atoms with van der Waals surface area (Å²) in [5, 5.41) is 0. The highest BCUT2D eigenvalue weighted by Crippen LogP contribution is 2.52. The SMILES string of the molecule is CCCCCCC(CCCC)Cc1sc(CC(CCCC)CCCCCC)c2c1C(=O)c1c(-c3ccc(Br)s3)sc(-c3ccc(Br)s3)c1C2=O. The summed E-state index contributed by atoms with van der Waals surface area (Å²) in [5.41, 5.74) is 2.79. The second-order valence-electron chi connectivity index (χ2n) is 14.2. The van der Waals surface area contributed by atoms with E-state index in [-0.39, 0.29) is 11.6 Å². The zero-order valence-corrected chi connectivity index (χ0v) is 36.8. The van der Waals surface area contributed by atoms with Crippen LogP contribution in [0.25, 0.3) is 19.5 Å². The van der Waals surface area contributed by atoms with Gasteiger partial charge in [0.1, 0.15) is 0 Å². The molecule has 0 amide bonds. The Morgan fingerprint density at radius 2 is 0.880 bits per heavy atom. The Labute approximate surface area is 334 Å². The summed E-state index contributed by atoms with van der Waals surface area (Å²) in [4.78, 5) is 36.7. The second kappa shape index (κ2) is 20.0. The lowest BCUT2D eigenvalue weighted by molar-refractivity contribution is 0.0980. The van der Waals surface area contributed by atoms with E-state index in [1.54, 1.807) is 34.0 Å². The number of fused-ring (bicyclic) bond motifs is 2. The Kier molecular flexibility index (Phi) is 16.1. The van der Waals surface area contributed by atoms with Crippen LogP contribution in [0.1, 0.15) is 172 Å². The van der Waals surface area contributed by atoms with E-state index < -0.39 is 0 Å². The van der Waals surface area contributed by atoms with Crippen molar-refractivity contribution >= 4 is 88.8 Å². The molecule has 0 aliphatic heterocycles. The molecule has 50 heavy (non-hydrogen) atoms. The summed E-state index contributed by atoms with van der Waals surface area (Å²) in [6, 6.07) is 8.29. The molecule has 0 fully saturated rings. The first kappa shape index (κ1) is 40.3. The molecule has 0 N–H and O–H groups in total. The van der Waals surface area contributed by atoms with E-state index >= 15 is 9.59 Å². The van der Waals surface area contributed by atoms with Crippen molar-refractivity contribution in [2.45, 2.75) is 143 Å². The molecule has 4 aromatic rings. The Morgan fingerprint density at radius 3 is 1.24 bits per heavy atom. The highest BCUT2D eigenvalue weighted by atomic mass is 79.9. The standard InChI is InChI=1S/C42H54Br2O2S4/c1-5-9-13-15-19-27(17-11-7-3)25-31-35-36(32(47-31)26-28(18-12-8-4)20-16-14-10-6-2)40(46)38-37(39(35)45)41(29-21-23-33(43)48-29)50-42(38)30-22-24-34(44)49-30/h21-24,27-28H,5-20,25-26H2,1-4H3. The summed E-state index contributed by atoms with van der Waals surface area (Å²) in [6.45, 7) is 9.12. The van der Waals surface area contributed by atoms with Crippen molar-refractivity contribution in [1.29, 1.82) is 0 Å². The number of ketones is 2. The van der Waals surface area contributed by atoms with E-state index in [2.05, 4.69) is 83.8 Å². The molecule has 0 aromatic carbocycles. The average Bonchev–Trinajstić information content (AvgIpc) is 3.90. The van der Waals surface area contributed by atoms with Gasteiger partial charge in [0.2, 0.25) is 0 Å². The van der Waals surface area contributed by atoms with Crippen molar-refractivity contribution in [2.75, 3.05) is 0 Å². The molecule has 5 rings (SSSR count). The second-order valence-corrected chi connectivity index (χ2v) is 21.3. The molecule has 0 saturated carbocycles. The average molecular weight is 879 g/mol. The highest BCUT2D eigenvalue weighted by molar-refractivity contribution is 9.11. The predicted octanol–water partition coefficient (Wildman–Crippen LogP) is 16.2. The van der Waals surface area contributed by atoms with E-state index in [9.17, 15) is 0 Å². The molecule has 2 unspecified atom stereocenters. The van der Waals surface area contributed by atoms with Gasteiger partial charge in [0.25, 0.3) is 0 Å². The fraction of sp³-hybridized carbons (Fsp3) is 0.571. The molecule has 0 bridgehead atoms. The van der Waals surface area contributed by atoms with Gasteiger partial charge >= 0.3 is 0 Å². The largest absolute Gasteiger partial charge is 0.288 e. The van der Waals surface area contributed by atoms with Crippen LogP contribution in [0.3, 0.4) is 0 Å². The Morgan fingerprint density at radius 1 is 0.480 bits per heavy atom. The van der Waals surface area contributed by atoms with E-state index in [0.717, 1.165) is 51.0 Å². The lowest BCUT2D eigenvalue weighted by atomic mass is 9.80. The summed E-state index contributed by atoms with van der Waals surface area (Å²) in [7, 11) is 0. The summed E-state index contributed by atoms with van der Waals surface area (Å²) >= 11 is 14.1. The zero-order chi connectivity index (χ0) is 35.6. The maximum Gasteiger partial charge on any atom is 0.197 e. The quantitative estimate of drug-likeness (QED) is 0.0649. The third kappa shape index (κ3) is 9.79. The van der Waals surface area contributed by atoms with Crippen molar-refractivity contribution in [2.24, 2.45) is 11.8 Å². The lowest BCUT2D eigenvalue weighted by Gasteiger charge is -2.20. The van der Waals surface area contributed by atoms with Crippen molar-refractivity contribution in [3.8, 4) is 19.5 Å². The van der Waals surface area contributed by atoms with Gasteiger partial charge in [0.15, 0.2) is 11.6 Å². The molecule has 4 aromatic heterocycles. The van der Waals surface area contributed by atoms with Crippen LogP contribution < -0.4 is 0 Å². The third-order valence-electron chi connectivity index (χ3n) is 10.3. The molecule has 2 atom stereocenters. The maximum absolute atomic E-state index is 15.2. The summed E-state index contributed by atoms with van der Waals surface area (Å²) < 4.78 is 2.06. The topological polar surface area (TPSA) is 34.1 Å². The molecule has 1 aliphatic rings. The molecular formula is C42H54Br2O2S4. The predicted molar refractivity (Wildman–Crippen MR) is 228 cm³/mol. The smallest absolute Gasteiger partial charge is 0.197 e. The van der Waals surface area contributed by atoms with Gasteiger partial charge in [-0.15, -0.1) is 45.3 Å². The first-order valence-corrected chi connectivity index (χ1v) is 24.1. The number of thiophene rings is 4. The maximum atomic E-state index is 15.2. The van der Waals surface area contributed by atoms with Crippen LogP contribution in [0, 0.1) is 11.8 Å². The zero-order valence-electron chi connectivity index (χ0n) is 30.4. The summed E-state index contributed by atoms with van der Waals surface area (Å²) in [5.74, 6) is 1.26. The van der Waals surface area contributed by atoms with Gasteiger partial charge in [-0.25, -0.2) is 0 Å². The Bertz CT molecular complexity index is 1590. The molecule has 2 nitrogen and oxygen atoms in total. The molecule has 8 heteroatoms. The number of carbonyl (C=O) groups is 2. The van der Waals surface area contributed by atoms with Gasteiger partial charge in [-0.3, -0.25) is 9.59 Å². The van der Waals surface area contributed by atoms with Gasteiger partial charge in [-0.2, -0.15) is 0 Å². The van der Waals surface area contributed by atoms with E-state index in [0.29, 0.717) is 23.0 Å². The highest BCUT2D eigenvalue weighted by Gasteiger charge is 2.42. The van der Waals surface area contributed by atoms with Crippen molar-refractivity contribution in [3.63, 3.8) is 0 Å². The van der Waals surface area contributed by atoms with Gasteiger partial charge in [-0.05, 0) is 80.8 Å². The monoisotopic (exact) mass is 876 g/mol. The van der Waals surface area contributed by atoms with Crippen LogP contribution in [-0.2, 0) is 12.8 Å². The lowest BCUT2D eigenvalue weighted by Crippen LogP contribution is -2.22. The van der Waals surface area contributed by atoms with Gasteiger partial charge in [0.05, 0.1) is 28.5 Å². The van der Waals surface area contributed by atoms with E-state index in [1.165, 1.54) is 112 Å². The Hall–Kier alpha value is -0.900. The minimum Gasteiger partial charge on any atom is -0.288 e. The number of hydrogen-bond acceptors (Lipinski definition) is 6. The number of halogens is 2. The molecule has 0 saturated heterocycles.